The van der Waals surface area contributed by atoms with Crippen LogP contribution < -0.4 is 5.56 Å². The SMILES string of the molecule is C[C@H](OC(=O)c1n[nH]c2ccccc12)c1nc2ccccc2c(=O)[nH]1. The number of hydrogen-bond acceptors (Lipinski definition) is 5. The Labute approximate surface area is 141 Å². The largest absolute Gasteiger partial charge is 0.450 e. The molecule has 25 heavy (non-hydrogen) atoms. The molecule has 0 spiro atoms. The number of para-hydroxylation sites is 2. The van der Waals surface area contributed by atoms with Crippen LogP contribution in [-0.4, -0.2) is 26.1 Å². The third-order valence-electron chi connectivity index (χ3n) is 3.96. The maximum absolute atomic E-state index is 12.4. The van der Waals surface area contributed by atoms with Crippen LogP contribution in [0.4, 0.5) is 0 Å². The fourth-order valence-electron chi connectivity index (χ4n) is 2.69. The van der Waals surface area contributed by atoms with Gasteiger partial charge in [0.05, 0.1) is 16.4 Å². The Morgan fingerprint density at radius 2 is 1.80 bits per heavy atom. The average molecular weight is 334 g/mol. The molecule has 0 unspecified atom stereocenters. The molecule has 0 radical (unpaired) electrons. The van der Waals surface area contributed by atoms with E-state index in [9.17, 15) is 9.59 Å². The lowest BCUT2D eigenvalue weighted by Crippen LogP contribution is -2.17. The van der Waals surface area contributed by atoms with Crippen molar-refractivity contribution in [3.8, 4) is 0 Å². The molecule has 0 amide bonds. The molecule has 0 saturated heterocycles. The molecule has 0 saturated carbocycles. The highest BCUT2D eigenvalue weighted by molar-refractivity contribution is 6.01. The molecule has 0 bridgehead atoms. The van der Waals surface area contributed by atoms with Crippen LogP contribution in [-0.2, 0) is 4.74 Å². The molecule has 0 aliphatic rings. The third kappa shape index (κ3) is 2.65. The number of nitrogens with one attached hydrogen (secondary N) is 2. The molecule has 2 N–H and O–H groups in total. The highest BCUT2D eigenvalue weighted by atomic mass is 16.5. The predicted octanol–water partition coefficient (Wildman–Crippen LogP) is 2.72. The topological polar surface area (TPSA) is 101 Å². The number of hydrogen-bond donors (Lipinski definition) is 2. The minimum absolute atomic E-state index is 0.200. The quantitative estimate of drug-likeness (QED) is 0.561. The van der Waals surface area contributed by atoms with Gasteiger partial charge < -0.3 is 9.72 Å². The van der Waals surface area contributed by atoms with Crippen molar-refractivity contribution >= 4 is 27.8 Å². The second-order valence-electron chi connectivity index (χ2n) is 5.63. The van der Waals surface area contributed by atoms with E-state index < -0.39 is 12.1 Å². The number of aromatic nitrogens is 4. The van der Waals surface area contributed by atoms with Crippen LogP contribution in [0, 0.1) is 0 Å². The molecule has 4 rings (SSSR count). The lowest BCUT2D eigenvalue weighted by atomic mass is 10.2. The van der Waals surface area contributed by atoms with Gasteiger partial charge in [0.1, 0.15) is 0 Å². The van der Waals surface area contributed by atoms with E-state index in [0.29, 0.717) is 16.3 Å². The second kappa shape index (κ2) is 5.86. The first-order chi connectivity index (χ1) is 12.1. The van der Waals surface area contributed by atoms with Crippen LogP contribution in [0.1, 0.15) is 29.3 Å². The van der Waals surface area contributed by atoms with Crippen LogP contribution in [0.15, 0.2) is 53.3 Å². The highest BCUT2D eigenvalue weighted by Crippen LogP contribution is 2.20. The molecule has 2 aromatic carbocycles. The zero-order valence-electron chi connectivity index (χ0n) is 13.3. The zero-order valence-corrected chi connectivity index (χ0v) is 13.3. The Hall–Kier alpha value is -3.48. The summed E-state index contributed by atoms with van der Waals surface area (Å²) in [6.45, 7) is 1.65. The minimum Gasteiger partial charge on any atom is -0.450 e. The van der Waals surface area contributed by atoms with Gasteiger partial charge >= 0.3 is 5.97 Å². The number of carbonyl (C=O) groups is 1. The Morgan fingerprint density at radius 3 is 2.64 bits per heavy atom. The Kier molecular flexibility index (Phi) is 3.53. The van der Waals surface area contributed by atoms with Crippen molar-refractivity contribution < 1.29 is 9.53 Å². The molecule has 7 nitrogen and oxygen atoms in total. The van der Waals surface area contributed by atoms with Gasteiger partial charge in [-0.1, -0.05) is 30.3 Å². The first kappa shape index (κ1) is 15.1. The van der Waals surface area contributed by atoms with E-state index in [2.05, 4.69) is 20.2 Å². The van der Waals surface area contributed by atoms with Crippen molar-refractivity contribution in [3.05, 3.63) is 70.4 Å². The number of benzene rings is 2. The lowest BCUT2D eigenvalue weighted by Gasteiger charge is -2.12. The summed E-state index contributed by atoms with van der Waals surface area (Å²) < 4.78 is 5.44. The number of rotatable bonds is 3. The fourth-order valence-corrected chi connectivity index (χ4v) is 2.69. The molecule has 2 aromatic heterocycles. The highest BCUT2D eigenvalue weighted by Gasteiger charge is 2.20. The minimum atomic E-state index is -0.722. The Bertz CT molecular complexity index is 1150. The molecule has 7 heteroatoms. The smallest absolute Gasteiger partial charge is 0.360 e. The van der Waals surface area contributed by atoms with Crippen molar-refractivity contribution in [1.82, 2.24) is 20.2 Å². The van der Waals surface area contributed by atoms with Gasteiger partial charge in [-0.3, -0.25) is 9.89 Å². The van der Waals surface area contributed by atoms with Crippen LogP contribution in [0.2, 0.25) is 0 Å². The number of H-pyrrole nitrogens is 2. The molecule has 0 aliphatic carbocycles. The van der Waals surface area contributed by atoms with E-state index in [-0.39, 0.29) is 17.1 Å². The van der Waals surface area contributed by atoms with E-state index in [1.165, 1.54) is 0 Å². The van der Waals surface area contributed by atoms with Gasteiger partial charge in [-0.25, -0.2) is 9.78 Å². The normalized spacial score (nSPS) is 12.4. The van der Waals surface area contributed by atoms with Crippen molar-refractivity contribution in [3.63, 3.8) is 0 Å². The monoisotopic (exact) mass is 334 g/mol. The van der Waals surface area contributed by atoms with Crippen molar-refractivity contribution in [2.24, 2.45) is 0 Å². The molecule has 4 aromatic rings. The van der Waals surface area contributed by atoms with E-state index in [1.807, 2.05) is 18.2 Å². The summed E-state index contributed by atoms with van der Waals surface area (Å²) in [5.74, 6) is -0.294. The van der Waals surface area contributed by atoms with Gasteiger partial charge in [-0.05, 0) is 25.1 Å². The lowest BCUT2D eigenvalue weighted by molar-refractivity contribution is 0.0315. The summed E-state index contributed by atoms with van der Waals surface area (Å²) in [5, 5.41) is 7.98. The van der Waals surface area contributed by atoms with E-state index in [4.69, 9.17) is 4.74 Å². The van der Waals surface area contributed by atoms with Gasteiger partial charge in [-0.2, -0.15) is 5.10 Å². The summed E-state index contributed by atoms with van der Waals surface area (Å²) in [6, 6.07) is 14.3. The molecule has 0 fully saturated rings. The van der Waals surface area contributed by atoms with Crippen molar-refractivity contribution in [2.45, 2.75) is 13.0 Å². The number of fused-ring (bicyclic) bond motifs is 2. The third-order valence-corrected chi connectivity index (χ3v) is 3.96. The Balaban J connectivity index is 1.64. The van der Waals surface area contributed by atoms with Gasteiger partial charge in [0, 0.05) is 5.39 Å². The fraction of sp³-hybridized carbons (Fsp3) is 0.111. The van der Waals surface area contributed by atoms with E-state index in [1.54, 1.807) is 37.3 Å². The summed E-state index contributed by atoms with van der Waals surface area (Å²) in [4.78, 5) is 31.6. The first-order valence-electron chi connectivity index (χ1n) is 7.76. The molecule has 0 aliphatic heterocycles. The summed E-state index contributed by atoms with van der Waals surface area (Å²) in [6.07, 6.45) is -0.722. The Morgan fingerprint density at radius 1 is 1.08 bits per heavy atom. The van der Waals surface area contributed by atoms with E-state index in [0.717, 1.165) is 5.52 Å². The number of carbonyl (C=O) groups excluding carboxylic acids is 1. The van der Waals surface area contributed by atoms with Crippen LogP contribution in [0.25, 0.3) is 21.8 Å². The standard InChI is InChI=1S/C18H14N4O3/c1-10(16-19-13-8-4-3-7-12(13)17(23)20-16)25-18(24)15-11-6-2-5-9-14(11)21-22-15/h2-10H,1H3,(H,21,22)(H,19,20,23)/t10-/m0/s1. The first-order valence-corrected chi connectivity index (χ1v) is 7.76. The van der Waals surface area contributed by atoms with Crippen LogP contribution in [0.5, 0.6) is 0 Å². The van der Waals surface area contributed by atoms with Crippen LogP contribution in [0.3, 0.4) is 0 Å². The van der Waals surface area contributed by atoms with Crippen molar-refractivity contribution in [2.75, 3.05) is 0 Å². The van der Waals surface area contributed by atoms with Gasteiger partial charge in [0.25, 0.3) is 5.56 Å². The van der Waals surface area contributed by atoms with E-state index >= 15 is 0 Å². The van der Waals surface area contributed by atoms with Crippen LogP contribution >= 0.6 is 0 Å². The average Bonchev–Trinajstić information content (AvgIpc) is 3.06. The van der Waals surface area contributed by atoms with Gasteiger partial charge in [0.15, 0.2) is 17.6 Å². The van der Waals surface area contributed by atoms with Gasteiger partial charge in [-0.15, -0.1) is 0 Å². The molecular weight excluding hydrogens is 320 g/mol. The maximum atomic E-state index is 12.4. The predicted molar refractivity (Wildman–Crippen MR) is 92.3 cm³/mol. The van der Waals surface area contributed by atoms with Crippen molar-refractivity contribution in [1.29, 1.82) is 0 Å². The second-order valence-corrected chi connectivity index (χ2v) is 5.63. The number of aromatic amines is 2. The summed E-state index contributed by atoms with van der Waals surface area (Å²) in [7, 11) is 0. The number of nitrogens with zero attached hydrogens (tertiary/aromatic N) is 2. The number of esters is 1. The summed E-state index contributed by atoms with van der Waals surface area (Å²) >= 11 is 0. The molecular formula is C18H14N4O3. The van der Waals surface area contributed by atoms with Gasteiger partial charge in [0.2, 0.25) is 0 Å². The molecule has 124 valence electrons. The summed E-state index contributed by atoms with van der Waals surface area (Å²) in [5.41, 5.74) is 1.23. The zero-order chi connectivity index (χ0) is 17.4. The molecule has 2 heterocycles. The maximum Gasteiger partial charge on any atom is 0.360 e. The molecule has 1 atom stereocenters. The number of ether oxygens (including phenoxy) is 1.